The Kier molecular flexibility index (Phi) is 6.24. The van der Waals surface area contributed by atoms with Crippen LogP contribution in [0.15, 0.2) is 96.0 Å². The van der Waals surface area contributed by atoms with Crippen LogP contribution in [0.1, 0.15) is 11.1 Å². The van der Waals surface area contributed by atoms with Crippen LogP contribution in [0.3, 0.4) is 0 Å². The van der Waals surface area contributed by atoms with E-state index >= 15 is 0 Å². The largest absolute Gasteiger partial charge is 0.321 e. The number of hydrogen-bond acceptors (Lipinski definition) is 4. The zero-order valence-electron chi connectivity index (χ0n) is 18.3. The second kappa shape index (κ2) is 9.26. The molecular formula is C26H23N3O3S. The zero-order chi connectivity index (χ0) is 23.4. The van der Waals surface area contributed by atoms with Crippen molar-refractivity contribution in [1.82, 2.24) is 4.98 Å². The van der Waals surface area contributed by atoms with Crippen LogP contribution in [-0.4, -0.2) is 26.4 Å². The summed E-state index contributed by atoms with van der Waals surface area (Å²) in [6.45, 7) is 1.91. The van der Waals surface area contributed by atoms with Crippen molar-refractivity contribution in [2.75, 3.05) is 16.7 Å². The van der Waals surface area contributed by atoms with E-state index < -0.39 is 10.0 Å². The molecule has 0 radical (unpaired) electrons. The predicted molar refractivity (Wildman–Crippen MR) is 133 cm³/mol. The lowest BCUT2D eigenvalue weighted by Crippen LogP contribution is -2.26. The van der Waals surface area contributed by atoms with Crippen molar-refractivity contribution in [3.8, 4) is 0 Å². The molecule has 7 heteroatoms. The molecule has 1 aromatic heterocycles. The van der Waals surface area contributed by atoms with Gasteiger partial charge in [-0.25, -0.2) is 8.42 Å². The number of rotatable bonds is 6. The molecule has 0 aliphatic carbocycles. The fraction of sp³-hybridized carbons (Fsp3) is 0.0769. The van der Waals surface area contributed by atoms with E-state index in [1.807, 2.05) is 49.4 Å². The highest BCUT2D eigenvalue weighted by Crippen LogP contribution is 2.24. The lowest BCUT2D eigenvalue weighted by Gasteiger charge is -2.20. The number of fused-ring (bicyclic) bond motifs is 1. The van der Waals surface area contributed by atoms with Crippen LogP contribution in [0.2, 0.25) is 0 Å². The third kappa shape index (κ3) is 4.94. The van der Waals surface area contributed by atoms with Gasteiger partial charge in [-0.1, -0.05) is 42.5 Å². The van der Waals surface area contributed by atoms with E-state index in [2.05, 4.69) is 10.3 Å². The van der Waals surface area contributed by atoms with Crippen molar-refractivity contribution < 1.29 is 13.2 Å². The highest BCUT2D eigenvalue weighted by molar-refractivity contribution is 7.92. The topological polar surface area (TPSA) is 79.4 Å². The van der Waals surface area contributed by atoms with E-state index in [-0.39, 0.29) is 10.8 Å². The minimum atomic E-state index is -3.75. The Morgan fingerprint density at radius 3 is 2.55 bits per heavy atom. The van der Waals surface area contributed by atoms with Crippen molar-refractivity contribution in [1.29, 1.82) is 0 Å². The third-order valence-electron chi connectivity index (χ3n) is 5.20. The molecule has 0 spiro atoms. The molecule has 0 aliphatic rings. The van der Waals surface area contributed by atoms with Crippen molar-refractivity contribution in [3.63, 3.8) is 0 Å². The molecule has 0 bridgehead atoms. The van der Waals surface area contributed by atoms with Gasteiger partial charge < -0.3 is 5.32 Å². The van der Waals surface area contributed by atoms with Crippen LogP contribution in [0, 0.1) is 6.92 Å². The monoisotopic (exact) mass is 457 g/mol. The first-order valence-electron chi connectivity index (χ1n) is 10.3. The van der Waals surface area contributed by atoms with Crippen LogP contribution in [0.4, 0.5) is 11.4 Å². The molecule has 33 heavy (non-hydrogen) atoms. The van der Waals surface area contributed by atoms with Gasteiger partial charge in [-0.15, -0.1) is 0 Å². The Morgan fingerprint density at radius 2 is 1.73 bits per heavy atom. The normalized spacial score (nSPS) is 11.6. The van der Waals surface area contributed by atoms with Crippen LogP contribution in [-0.2, 0) is 14.8 Å². The maximum Gasteiger partial charge on any atom is 0.264 e. The molecule has 0 fully saturated rings. The average Bonchev–Trinajstić information content (AvgIpc) is 2.83. The number of nitrogens with one attached hydrogen (secondary N) is 1. The van der Waals surface area contributed by atoms with Gasteiger partial charge >= 0.3 is 0 Å². The molecule has 0 saturated carbocycles. The van der Waals surface area contributed by atoms with Gasteiger partial charge in [-0.3, -0.25) is 14.1 Å². The van der Waals surface area contributed by atoms with Gasteiger partial charge in [0.15, 0.2) is 0 Å². The summed E-state index contributed by atoms with van der Waals surface area (Å²) in [4.78, 5) is 17.0. The zero-order valence-corrected chi connectivity index (χ0v) is 19.1. The quantitative estimate of drug-likeness (QED) is 0.412. The SMILES string of the molecule is Cc1cccc(N(C)S(=O)(=O)c2cccc(/C=C/C(=O)Nc3cccc4cccnc34)c2)c1. The van der Waals surface area contributed by atoms with E-state index in [0.717, 1.165) is 10.9 Å². The predicted octanol–water partition coefficient (Wildman–Crippen LogP) is 5.02. The number of anilines is 2. The molecule has 6 nitrogen and oxygen atoms in total. The number of carbonyl (C=O) groups is 1. The Labute approximate surface area is 193 Å². The van der Waals surface area contributed by atoms with Gasteiger partial charge in [0.1, 0.15) is 0 Å². The molecule has 0 unspecified atom stereocenters. The van der Waals surface area contributed by atoms with Gasteiger partial charge in [-0.2, -0.15) is 0 Å². The highest BCUT2D eigenvalue weighted by Gasteiger charge is 2.21. The molecule has 0 atom stereocenters. The van der Waals surface area contributed by atoms with Crippen LogP contribution in [0.25, 0.3) is 17.0 Å². The van der Waals surface area contributed by atoms with Gasteiger partial charge in [0.25, 0.3) is 10.0 Å². The van der Waals surface area contributed by atoms with Crippen LogP contribution in [0.5, 0.6) is 0 Å². The lowest BCUT2D eigenvalue weighted by atomic mass is 10.2. The van der Waals surface area contributed by atoms with E-state index in [1.54, 1.807) is 48.7 Å². The van der Waals surface area contributed by atoms with E-state index in [4.69, 9.17) is 0 Å². The van der Waals surface area contributed by atoms with Crippen molar-refractivity contribution in [2.24, 2.45) is 0 Å². The second-order valence-corrected chi connectivity index (χ2v) is 9.56. The van der Waals surface area contributed by atoms with Crippen molar-refractivity contribution >= 4 is 44.3 Å². The molecule has 1 amide bonds. The maximum absolute atomic E-state index is 13.1. The fourth-order valence-corrected chi connectivity index (χ4v) is 4.69. The molecule has 4 aromatic rings. The summed E-state index contributed by atoms with van der Waals surface area (Å²) in [6.07, 6.45) is 4.63. The average molecular weight is 458 g/mol. The molecule has 1 N–H and O–H groups in total. The molecule has 166 valence electrons. The number of sulfonamides is 1. The second-order valence-electron chi connectivity index (χ2n) is 7.59. The van der Waals surface area contributed by atoms with E-state index in [0.29, 0.717) is 22.5 Å². The van der Waals surface area contributed by atoms with Crippen LogP contribution >= 0.6 is 0 Å². The minimum absolute atomic E-state index is 0.146. The fourth-order valence-electron chi connectivity index (χ4n) is 3.45. The number of para-hydroxylation sites is 1. The highest BCUT2D eigenvalue weighted by atomic mass is 32.2. The molecule has 4 rings (SSSR count). The van der Waals surface area contributed by atoms with E-state index in [9.17, 15) is 13.2 Å². The first-order valence-corrected chi connectivity index (χ1v) is 11.8. The maximum atomic E-state index is 13.1. The summed E-state index contributed by atoms with van der Waals surface area (Å²) in [5.41, 5.74) is 3.46. The number of pyridine rings is 1. The van der Waals surface area contributed by atoms with Gasteiger partial charge in [0.05, 0.1) is 21.8 Å². The lowest BCUT2D eigenvalue weighted by molar-refractivity contribution is -0.111. The Balaban J connectivity index is 1.53. The Hall–Kier alpha value is -3.97. The summed E-state index contributed by atoms with van der Waals surface area (Å²) in [6, 6.07) is 23.1. The summed E-state index contributed by atoms with van der Waals surface area (Å²) < 4.78 is 27.5. The van der Waals surface area contributed by atoms with Crippen molar-refractivity contribution in [3.05, 3.63) is 102 Å². The minimum Gasteiger partial charge on any atom is -0.321 e. The third-order valence-corrected chi connectivity index (χ3v) is 6.98. The number of benzene rings is 3. The summed E-state index contributed by atoms with van der Waals surface area (Å²) in [5.74, 6) is -0.335. The van der Waals surface area contributed by atoms with Crippen LogP contribution < -0.4 is 9.62 Å². The van der Waals surface area contributed by atoms with Gasteiger partial charge in [0, 0.05) is 24.7 Å². The Bertz CT molecular complexity index is 1460. The number of hydrogen-bond donors (Lipinski definition) is 1. The smallest absolute Gasteiger partial charge is 0.264 e. The van der Waals surface area contributed by atoms with Crippen molar-refractivity contribution in [2.45, 2.75) is 11.8 Å². The van der Waals surface area contributed by atoms with Gasteiger partial charge in [0.2, 0.25) is 5.91 Å². The first kappa shape index (κ1) is 22.2. The standard InChI is InChI=1S/C26H23N3O3S/c1-19-7-3-11-22(17-19)29(2)33(31,32)23-12-4-8-20(18-23)14-15-25(30)28-24-13-5-9-21-10-6-16-27-26(21)24/h3-18H,1-2H3,(H,28,30)/b15-14+. The molecular weight excluding hydrogens is 434 g/mol. The Morgan fingerprint density at radius 1 is 0.970 bits per heavy atom. The number of carbonyl (C=O) groups excluding carboxylic acids is 1. The molecule has 0 aliphatic heterocycles. The summed E-state index contributed by atoms with van der Waals surface area (Å²) >= 11 is 0. The van der Waals surface area contributed by atoms with Gasteiger partial charge in [-0.05, 0) is 60.5 Å². The van der Waals surface area contributed by atoms with E-state index in [1.165, 1.54) is 17.4 Å². The summed E-state index contributed by atoms with van der Waals surface area (Å²) in [7, 11) is -2.23. The first-order chi connectivity index (χ1) is 15.8. The number of amides is 1. The molecule has 1 heterocycles. The molecule has 0 saturated heterocycles. The molecule has 3 aromatic carbocycles. The number of nitrogens with zero attached hydrogens (tertiary/aromatic N) is 2. The summed E-state index contributed by atoms with van der Waals surface area (Å²) in [5, 5.41) is 3.76. The number of aromatic nitrogens is 1. The number of aryl methyl sites for hydroxylation is 1.